The lowest BCUT2D eigenvalue weighted by Gasteiger charge is -2.35. The minimum Gasteiger partial charge on any atom is -0.324 e. The third kappa shape index (κ3) is 4.46. The number of fused-ring (bicyclic) bond motifs is 1. The van der Waals surface area contributed by atoms with E-state index < -0.39 is 0 Å². The molecule has 4 nitrogen and oxygen atoms in total. The van der Waals surface area contributed by atoms with Crippen LogP contribution in [-0.2, 0) is 9.59 Å². The average Bonchev–Trinajstić information content (AvgIpc) is 3.23. The summed E-state index contributed by atoms with van der Waals surface area (Å²) in [5, 5.41) is 5.08. The SMILES string of the molecule is CCCCC1CCC(C(=O)N2CC(=O)Nc3ccc(C)cc3C2c2cccs2)CC1. The highest BCUT2D eigenvalue weighted by molar-refractivity contribution is 7.10. The Bertz CT molecular complexity index is 885. The molecule has 160 valence electrons. The van der Waals surface area contributed by atoms with Gasteiger partial charge in [-0.25, -0.2) is 0 Å². The van der Waals surface area contributed by atoms with Crippen molar-refractivity contribution < 1.29 is 9.59 Å². The van der Waals surface area contributed by atoms with Crippen LogP contribution < -0.4 is 5.32 Å². The molecular formula is C25H32N2O2S. The highest BCUT2D eigenvalue weighted by Gasteiger charge is 2.38. The number of nitrogens with zero attached hydrogens (tertiary/aromatic N) is 1. The van der Waals surface area contributed by atoms with Crippen LogP contribution in [0.2, 0.25) is 0 Å². The zero-order valence-electron chi connectivity index (χ0n) is 18.0. The number of aryl methyl sites for hydroxylation is 1. The molecule has 1 saturated carbocycles. The van der Waals surface area contributed by atoms with Gasteiger partial charge in [0.15, 0.2) is 0 Å². The van der Waals surface area contributed by atoms with E-state index in [9.17, 15) is 9.59 Å². The van der Waals surface area contributed by atoms with E-state index in [0.717, 1.165) is 53.3 Å². The summed E-state index contributed by atoms with van der Waals surface area (Å²) < 4.78 is 0. The third-order valence-electron chi connectivity index (χ3n) is 6.66. The number of rotatable bonds is 5. The van der Waals surface area contributed by atoms with E-state index in [1.54, 1.807) is 11.3 Å². The van der Waals surface area contributed by atoms with Crippen molar-refractivity contribution in [3.8, 4) is 0 Å². The molecule has 0 saturated heterocycles. The maximum Gasteiger partial charge on any atom is 0.244 e. The number of hydrogen-bond donors (Lipinski definition) is 1. The number of anilines is 1. The van der Waals surface area contributed by atoms with Gasteiger partial charge in [-0.05, 0) is 56.0 Å². The molecule has 0 spiro atoms. The van der Waals surface area contributed by atoms with Crippen LogP contribution in [0.15, 0.2) is 35.7 Å². The van der Waals surface area contributed by atoms with Crippen LogP contribution in [0.25, 0.3) is 0 Å². The highest BCUT2D eigenvalue weighted by Crippen LogP contribution is 2.41. The molecule has 2 heterocycles. The number of carbonyl (C=O) groups is 2. The molecule has 1 aromatic heterocycles. The molecule has 4 rings (SSSR count). The first-order valence-electron chi connectivity index (χ1n) is 11.3. The quantitative estimate of drug-likeness (QED) is 0.647. The summed E-state index contributed by atoms with van der Waals surface area (Å²) in [5.74, 6) is 0.832. The molecule has 2 aromatic rings. The first kappa shape index (κ1) is 21.1. The Morgan fingerprint density at radius 2 is 2.00 bits per heavy atom. The molecular weight excluding hydrogens is 392 g/mol. The van der Waals surface area contributed by atoms with Gasteiger partial charge < -0.3 is 10.2 Å². The maximum absolute atomic E-state index is 13.7. The zero-order valence-corrected chi connectivity index (χ0v) is 18.8. The van der Waals surface area contributed by atoms with Gasteiger partial charge in [0, 0.05) is 22.0 Å². The molecule has 1 aromatic carbocycles. The van der Waals surface area contributed by atoms with E-state index >= 15 is 0 Å². The maximum atomic E-state index is 13.7. The Morgan fingerprint density at radius 3 is 2.70 bits per heavy atom. The van der Waals surface area contributed by atoms with Crippen molar-refractivity contribution in [1.29, 1.82) is 0 Å². The van der Waals surface area contributed by atoms with Crippen LogP contribution >= 0.6 is 11.3 Å². The van der Waals surface area contributed by atoms with E-state index in [1.165, 1.54) is 19.3 Å². The Labute approximate surface area is 183 Å². The predicted molar refractivity (Wildman–Crippen MR) is 123 cm³/mol. The number of thiophene rings is 1. The number of nitrogens with one attached hydrogen (secondary N) is 1. The second-order valence-electron chi connectivity index (χ2n) is 8.88. The van der Waals surface area contributed by atoms with Gasteiger partial charge >= 0.3 is 0 Å². The van der Waals surface area contributed by atoms with E-state index in [0.29, 0.717) is 0 Å². The molecule has 1 N–H and O–H groups in total. The van der Waals surface area contributed by atoms with E-state index in [4.69, 9.17) is 0 Å². The van der Waals surface area contributed by atoms with Gasteiger partial charge in [-0.2, -0.15) is 0 Å². The van der Waals surface area contributed by atoms with Gasteiger partial charge in [0.2, 0.25) is 11.8 Å². The minimum atomic E-state index is -0.204. The second kappa shape index (κ2) is 9.34. The van der Waals surface area contributed by atoms with Crippen molar-refractivity contribution in [3.05, 3.63) is 51.7 Å². The summed E-state index contributed by atoms with van der Waals surface area (Å²) in [6.07, 6.45) is 7.97. The van der Waals surface area contributed by atoms with E-state index in [1.807, 2.05) is 28.5 Å². The van der Waals surface area contributed by atoms with Crippen molar-refractivity contribution >= 4 is 28.8 Å². The first-order valence-corrected chi connectivity index (χ1v) is 12.2. The van der Waals surface area contributed by atoms with Crippen molar-refractivity contribution in [2.24, 2.45) is 11.8 Å². The van der Waals surface area contributed by atoms with Crippen molar-refractivity contribution in [2.45, 2.75) is 64.8 Å². The van der Waals surface area contributed by atoms with Gasteiger partial charge in [0.1, 0.15) is 6.54 Å². The summed E-state index contributed by atoms with van der Waals surface area (Å²) in [6.45, 7) is 4.41. The number of benzene rings is 1. The fourth-order valence-electron chi connectivity index (χ4n) is 5.01. The summed E-state index contributed by atoms with van der Waals surface area (Å²) in [4.78, 5) is 29.4. The Kier molecular flexibility index (Phi) is 6.57. The average molecular weight is 425 g/mol. The van der Waals surface area contributed by atoms with Gasteiger partial charge in [-0.3, -0.25) is 9.59 Å². The number of amides is 2. The lowest BCUT2D eigenvalue weighted by molar-refractivity contribution is -0.141. The highest BCUT2D eigenvalue weighted by atomic mass is 32.1. The van der Waals surface area contributed by atoms with Crippen molar-refractivity contribution in [3.63, 3.8) is 0 Å². The largest absolute Gasteiger partial charge is 0.324 e. The number of unbranched alkanes of at least 4 members (excludes halogenated alkanes) is 1. The lowest BCUT2D eigenvalue weighted by Crippen LogP contribution is -2.43. The molecule has 1 aliphatic heterocycles. The van der Waals surface area contributed by atoms with Crippen LogP contribution in [0.3, 0.4) is 0 Å². The van der Waals surface area contributed by atoms with Crippen LogP contribution in [0, 0.1) is 18.8 Å². The molecule has 1 atom stereocenters. The second-order valence-corrected chi connectivity index (χ2v) is 9.86. The molecule has 1 fully saturated rings. The monoisotopic (exact) mass is 424 g/mol. The number of hydrogen-bond acceptors (Lipinski definition) is 3. The fraction of sp³-hybridized carbons (Fsp3) is 0.520. The van der Waals surface area contributed by atoms with Crippen LogP contribution in [-0.4, -0.2) is 23.3 Å². The summed E-state index contributed by atoms with van der Waals surface area (Å²) in [6, 6.07) is 10.0. The first-order chi connectivity index (χ1) is 14.6. The van der Waals surface area contributed by atoms with E-state index in [2.05, 4.69) is 31.3 Å². The fourth-order valence-corrected chi connectivity index (χ4v) is 5.86. The Balaban J connectivity index is 1.62. The molecule has 2 amide bonds. The van der Waals surface area contributed by atoms with Crippen molar-refractivity contribution in [1.82, 2.24) is 4.90 Å². The normalized spacial score (nSPS) is 24.1. The third-order valence-corrected chi connectivity index (χ3v) is 7.58. The Morgan fingerprint density at radius 1 is 1.20 bits per heavy atom. The van der Waals surface area contributed by atoms with Crippen LogP contribution in [0.4, 0.5) is 5.69 Å². The zero-order chi connectivity index (χ0) is 21.1. The molecule has 0 radical (unpaired) electrons. The topological polar surface area (TPSA) is 49.4 Å². The van der Waals surface area contributed by atoms with Crippen molar-refractivity contribution in [2.75, 3.05) is 11.9 Å². The molecule has 2 aliphatic rings. The van der Waals surface area contributed by atoms with Gasteiger partial charge in [-0.15, -0.1) is 11.3 Å². The smallest absolute Gasteiger partial charge is 0.244 e. The minimum absolute atomic E-state index is 0.0319. The lowest BCUT2D eigenvalue weighted by atomic mass is 9.79. The van der Waals surface area contributed by atoms with Gasteiger partial charge in [-0.1, -0.05) is 49.9 Å². The molecule has 5 heteroatoms. The Hall–Kier alpha value is -2.14. The summed E-state index contributed by atoms with van der Waals surface area (Å²) in [7, 11) is 0. The molecule has 1 aliphatic carbocycles. The molecule has 30 heavy (non-hydrogen) atoms. The van der Waals surface area contributed by atoms with Gasteiger partial charge in [0.25, 0.3) is 0 Å². The predicted octanol–water partition coefficient (Wildman–Crippen LogP) is 5.92. The molecule has 0 bridgehead atoms. The standard InChI is InChI=1S/C25H32N2O2S/c1-3-4-6-18-9-11-19(12-10-18)25(29)27-16-23(28)26-21-13-8-17(2)15-20(21)24(27)22-7-5-14-30-22/h5,7-8,13-15,18-19,24H,3-4,6,9-12,16H2,1-2H3,(H,26,28). The molecule has 1 unspecified atom stereocenters. The summed E-state index contributed by atoms with van der Waals surface area (Å²) >= 11 is 1.65. The van der Waals surface area contributed by atoms with Crippen LogP contribution in [0.1, 0.15) is 73.9 Å². The van der Waals surface area contributed by atoms with Crippen LogP contribution in [0.5, 0.6) is 0 Å². The number of carbonyl (C=O) groups excluding carboxylic acids is 2. The van der Waals surface area contributed by atoms with E-state index in [-0.39, 0.29) is 30.3 Å². The summed E-state index contributed by atoms with van der Waals surface area (Å²) in [5.41, 5.74) is 2.98. The van der Waals surface area contributed by atoms with Gasteiger partial charge in [0.05, 0.1) is 6.04 Å².